The number of hydrogen-bond acceptors (Lipinski definition) is 2. The number of carbonyl (C=O) groups is 1. The van der Waals surface area contributed by atoms with Gasteiger partial charge >= 0.3 is 0 Å². The summed E-state index contributed by atoms with van der Waals surface area (Å²) in [7, 11) is 0. The van der Waals surface area contributed by atoms with E-state index in [2.05, 4.69) is 26.1 Å². The van der Waals surface area contributed by atoms with Gasteiger partial charge in [0, 0.05) is 12.2 Å². The molecule has 0 radical (unpaired) electrons. The van der Waals surface area contributed by atoms with Gasteiger partial charge in [-0.2, -0.15) is 0 Å². The van der Waals surface area contributed by atoms with Gasteiger partial charge in [0.1, 0.15) is 0 Å². The summed E-state index contributed by atoms with van der Waals surface area (Å²) in [6.07, 6.45) is 2.28. The van der Waals surface area contributed by atoms with Gasteiger partial charge in [0.2, 0.25) is 0 Å². The summed E-state index contributed by atoms with van der Waals surface area (Å²) in [5.41, 5.74) is 2.06. The Morgan fingerprint density at radius 1 is 1.30 bits per heavy atom. The Labute approximate surface area is 121 Å². The van der Waals surface area contributed by atoms with Crippen LogP contribution in [0.25, 0.3) is 0 Å². The van der Waals surface area contributed by atoms with Crippen LogP contribution in [0.5, 0.6) is 0 Å². The molecule has 1 aliphatic rings. The van der Waals surface area contributed by atoms with Crippen LogP contribution in [0, 0.1) is 0 Å². The molecule has 0 bridgehead atoms. The van der Waals surface area contributed by atoms with Crippen LogP contribution in [0.2, 0.25) is 0 Å². The molecule has 0 saturated carbocycles. The third-order valence-electron chi connectivity index (χ3n) is 3.89. The van der Waals surface area contributed by atoms with Gasteiger partial charge in [-0.05, 0) is 42.9 Å². The van der Waals surface area contributed by atoms with Crippen molar-refractivity contribution >= 4 is 5.91 Å². The van der Waals surface area contributed by atoms with Crippen LogP contribution in [0.3, 0.4) is 0 Å². The molecule has 1 fully saturated rings. The van der Waals surface area contributed by atoms with Crippen LogP contribution < -0.4 is 5.32 Å². The second kappa shape index (κ2) is 5.96. The largest absolute Gasteiger partial charge is 0.376 e. The van der Waals surface area contributed by atoms with Crippen molar-refractivity contribution in [1.29, 1.82) is 0 Å². The summed E-state index contributed by atoms with van der Waals surface area (Å²) in [4.78, 5) is 12.2. The highest BCUT2D eigenvalue weighted by molar-refractivity contribution is 5.94. The molecule has 0 spiro atoms. The average molecular weight is 275 g/mol. The molecular formula is C17H25NO2. The first-order chi connectivity index (χ1) is 9.38. The number of carbonyl (C=O) groups excluding carboxylic acids is 1. The lowest BCUT2D eigenvalue weighted by Crippen LogP contribution is -2.40. The highest BCUT2D eigenvalue weighted by Crippen LogP contribution is 2.22. The minimum Gasteiger partial charge on any atom is -0.376 e. The predicted octanol–water partition coefficient (Wildman–Crippen LogP) is 3.28. The number of benzene rings is 1. The monoisotopic (exact) mass is 275 g/mol. The topological polar surface area (TPSA) is 38.3 Å². The lowest BCUT2D eigenvalue weighted by molar-refractivity contribution is 0.0712. The number of hydrogen-bond donors (Lipinski definition) is 1. The summed E-state index contributed by atoms with van der Waals surface area (Å²) < 4.78 is 5.60. The average Bonchev–Trinajstić information content (AvgIpc) is 2.91. The maximum absolute atomic E-state index is 12.2. The molecule has 2 rings (SSSR count). The zero-order valence-electron chi connectivity index (χ0n) is 12.9. The molecule has 3 heteroatoms. The lowest BCUT2D eigenvalue weighted by Gasteiger charge is -2.21. The molecular weight excluding hydrogens is 250 g/mol. The lowest BCUT2D eigenvalue weighted by atomic mass is 9.86. The van der Waals surface area contributed by atoms with E-state index in [1.807, 2.05) is 31.2 Å². The summed E-state index contributed by atoms with van der Waals surface area (Å²) in [6.45, 7) is 9.33. The summed E-state index contributed by atoms with van der Waals surface area (Å²) in [5, 5.41) is 3.03. The Kier molecular flexibility index (Phi) is 4.48. The van der Waals surface area contributed by atoms with Gasteiger partial charge in [-0.15, -0.1) is 0 Å². The third kappa shape index (κ3) is 3.60. The molecule has 0 aromatic heterocycles. The molecule has 1 N–H and O–H groups in total. The van der Waals surface area contributed by atoms with Gasteiger partial charge in [-0.25, -0.2) is 0 Å². The van der Waals surface area contributed by atoms with E-state index in [-0.39, 0.29) is 23.5 Å². The second-order valence-electron chi connectivity index (χ2n) is 6.64. The van der Waals surface area contributed by atoms with Gasteiger partial charge in [-0.3, -0.25) is 4.79 Å². The molecule has 2 atom stereocenters. The van der Waals surface area contributed by atoms with E-state index >= 15 is 0 Å². The standard InChI is InChI=1S/C17H25NO2/c1-12(15-6-5-11-20-15)18-16(19)13-7-9-14(10-8-13)17(2,3)4/h7-10,12,15H,5-6,11H2,1-4H3,(H,18,19)/t12-,15+/m1/s1. The molecule has 1 aromatic carbocycles. The van der Waals surface area contributed by atoms with Gasteiger partial charge in [0.05, 0.1) is 12.1 Å². The zero-order valence-corrected chi connectivity index (χ0v) is 12.9. The maximum atomic E-state index is 12.2. The zero-order chi connectivity index (χ0) is 14.8. The van der Waals surface area contributed by atoms with Gasteiger partial charge in [0.15, 0.2) is 0 Å². The Hall–Kier alpha value is -1.35. The summed E-state index contributed by atoms with van der Waals surface area (Å²) in [5.74, 6) is -0.0199. The number of ether oxygens (including phenoxy) is 1. The van der Waals surface area contributed by atoms with E-state index in [0.717, 1.165) is 19.4 Å². The fourth-order valence-electron chi connectivity index (χ4n) is 2.50. The van der Waals surface area contributed by atoms with Gasteiger partial charge in [-0.1, -0.05) is 32.9 Å². The Balaban J connectivity index is 1.98. The Morgan fingerprint density at radius 2 is 1.95 bits per heavy atom. The quantitative estimate of drug-likeness (QED) is 0.919. The van der Waals surface area contributed by atoms with Crippen molar-refractivity contribution in [3.05, 3.63) is 35.4 Å². The minimum atomic E-state index is -0.0199. The Morgan fingerprint density at radius 3 is 2.45 bits per heavy atom. The van der Waals surface area contributed by atoms with Crippen molar-refractivity contribution in [2.24, 2.45) is 0 Å². The first-order valence-electron chi connectivity index (χ1n) is 7.41. The predicted molar refractivity (Wildman–Crippen MR) is 81.0 cm³/mol. The van der Waals surface area contributed by atoms with Crippen LogP contribution in [0.4, 0.5) is 0 Å². The molecule has 110 valence electrons. The highest BCUT2D eigenvalue weighted by Gasteiger charge is 2.24. The molecule has 20 heavy (non-hydrogen) atoms. The van der Waals surface area contributed by atoms with Crippen LogP contribution in [-0.4, -0.2) is 24.7 Å². The van der Waals surface area contributed by atoms with Crippen molar-refractivity contribution < 1.29 is 9.53 Å². The third-order valence-corrected chi connectivity index (χ3v) is 3.89. The molecule has 1 amide bonds. The van der Waals surface area contributed by atoms with Crippen LogP contribution in [-0.2, 0) is 10.2 Å². The highest BCUT2D eigenvalue weighted by atomic mass is 16.5. The van der Waals surface area contributed by atoms with E-state index in [1.165, 1.54) is 5.56 Å². The maximum Gasteiger partial charge on any atom is 0.251 e. The number of rotatable bonds is 3. The SMILES string of the molecule is C[C@@H](NC(=O)c1ccc(C(C)(C)C)cc1)[C@@H]1CCCO1. The van der Waals surface area contributed by atoms with Crippen LogP contribution in [0.15, 0.2) is 24.3 Å². The smallest absolute Gasteiger partial charge is 0.251 e. The molecule has 1 aliphatic heterocycles. The van der Waals surface area contributed by atoms with E-state index in [1.54, 1.807) is 0 Å². The molecule has 1 saturated heterocycles. The van der Waals surface area contributed by atoms with E-state index in [9.17, 15) is 4.79 Å². The number of amides is 1. The van der Waals surface area contributed by atoms with Crippen LogP contribution >= 0.6 is 0 Å². The summed E-state index contributed by atoms with van der Waals surface area (Å²) in [6, 6.07) is 7.93. The second-order valence-corrected chi connectivity index (χ2v) is 6.64. The molecule has 1 heterocycles. The van der Waals surface area contributed by atoms with Gasteiger partial charge < -0.3 is 10.1 Å². The van der Waals surface area contributed by atoms with Crippen molar-refractivity contribution in [2.45, 2.75) is 58.1 Å². The fraction of sp³-hybridized carbons (Fsp3) is 0.588. The first-order valence-corrected chi connectivity index (χ1v) is 7.41. The fourth-order valence-corrected chi connectivity index (χ4v) is 2.50. The van der Waals surface area contributed by atoms with Crippen LogP contribution in [0.1, 0.15) is 56.5 Å². The minimum absolute atomic E-state index is 0.0199. The van der Waals surface area contributed by atoms with Crippen molar-refractivity contribution in [2.75, 3.05) is 6.61 Å². The van der Waals surface area contributed by atoms with Crippen molar-refractivity contribution in [3.8, 4) is 0 Å². The Bertz CT molecular complexity index is 453. The molecule has 0 aliphatic carbocycles. The molecule has 3 nitrogen and oxygen atoms in total. The first kappa shape index (κ1) is 15.0. The molecule has 0 unspecified atom stereocenters. The number of nitrogens with one attached hydrogen (secondary N) is 1. The van der Waals surface area contributed by atoms with E-state index in [0.29, 0.717) is 5.56 Å². The van der Waals surface area contributed by atoms with Crippen molar-refractivity contribution in [3.63, 3.8) is 0 Å². The molecule has 1 aromatic rings. The normalized spacial score (nSPS) is 20.7. The van der Waals surface area contributed by atoms with E-state index < -0.39 is 0 Å². The van der Waals surface area contributed by atoms with E-state index in [4.69, 9.17) is 4.74 Å². The van der Waals surface area contributed by atoms with Gasteiger partial charge in [0.25, 0.3) is 5.91 Å². The summed E-state index contributed by atoms with van der Waals surface area (Å²) >= 11 is 0. The van der Waals surface area contributed by atoms with Crippen molar-refractivity contribution in [1.82, 2.24) is 5.32 Å².